The molecule has 0 saturated carbocycles. The number of amides is 1. The molecule has 1 amide bonds. The molecule has 0 aliphatic heterocycles. The van der Waals surface area contributed by atoms with Crippen molar-refractivity contribution in [1.29, 1.82) is 0 Å². The molecule has 0 fully saturated rings. The summed E-state index contributed by atoms with van der Waals surface area (Å²) in [7, 11) is 0. The van der Waals surface area contributed by atoms with E-state index >= 15 is 0 Å². The number of anilines is 1. The normalized spacial score (nSPS) is 11.9. The lowest BCUT2D eigenvalue weighted by atomic mass is 10.1. The zero-order valence-corrected chi connectivity index (χ0v) is 15.2. The molecule has 0 aliphatic rings. The van der Waals surface area contributed by atoms with Gasteiger partial charge in [0, 0.05) is 24.0 Å². The molecule has 2 heterocycles. The lowest BCUT2D eigenvalue weighted by molar-refractivity contribution is -0.122. The number of benzene rings is 2. The van der Waals surface area contributed by atoms with Crippen molar-refractivity contribution in [2.75, 3.05) is 5.32 Å². The zero-order valence-electron chi connectivity index (χ0n) is 15.2. The number of halogens is 1. The summed E-state index contributed by atoms with van der Waals surface area (Å²) in [6.45, 7) is 1.62. The Hall–Kier alpha value is -3.67. The van der Waals surface area contributed by atoms with E-state index in [2.05, 4.69) is 10.3 Å². The van der Waals surface area contributed by atoms with Crippen LogP contribution in [0.1, 0.15) is 6.92 Å². The largest absolute Gasteiger partial charge is 0.481 e. The van der Waals surface area contributed by atoms with Gasteiger partial charge in [0.15, 0.2) is 6.10 Å². The molecule has 4 aromatic rings. The van der Waals surface area contributed by atoms with E-state index in [1.807, 2.05) is 59.3 Å². The molecule has 0 unspecified atom stereocenters. The van der Waals surface area contributed by atoms with E-state index in [1.54, 1.807) is 13.0 Å². The van der Waals surface area contributed by atoms with Gasteiger partial charge in [-0.25, -0.2) is 9.37 Å². The number of imidazole rings is 1. The molecule has 2 aromatic heterocycles. The fourth-order valence-corrected chi connectivity index (χ4v) is 2.91. The monoisotopic (exact) mass is 375 g/mol. The Labute approximate surface area is 161 Å². The standard InChI is InChI=1S/C22H18FN3O2/c1-15(28-17-8-6-7-16(23)13-17)22(27)25-19-10-3-2-9-18(19)20-14-26-12-5-4-11-21(26)24-20/h2-15H,1H3,(H,25,27)/t15-/m1/s1. The Morgan fingerprint density at radius 1 is 1.11 bits per heavy atom. The number of ether oxygens (including phenoxy) is 1. The molecule has 0 spiro atoms. The second-order valence-corrected chi connectivity index (χ2v) is 6.34. The van der Waals surface area contributed by atoms with Gasteiger partial charge >= 0.3 is 0 Å². The van der Waals surface area contributed by atoms with E-state index in [0.717, 1.165) is 16.9 Å². The van der Waals surface area contributed by atoms with Crippen molar-refractivity contribution in [3.05, 3.63) is 84.9 Å². The van der Waals surface area contributed by atoms with Crippen molar-refractivity contribution in [1.82, 2.24) is 9.38 Å². The minimum Gasteiger partial charge on any atom is -0.481 e. The third-order valence-corrected chi connectivity index (χ3v) is 4.30. The van der Waals surface area contributed by atoms with Gasteiger partial charge in [-0.1, -0.05) is 30.3 Å². The smallest absolute Gasteiger partial charge is 0.265 e. The van der Waals surface area contributed by atoms with E-state index < -0.39 is 11.9 Å². The average Bonchev–Trinajstić information content (AvgIpc) is 3.12. The van der Waals surface area contributed by atoms with Gasteiger partial charge < -0.3 is 14.5 Å². The maximum Gasteiger partial charge on any atom is 0.265 e. The van der Waals surface area contributed by atoms with E-state index in [0.29, 0.717) is 11.4 Å². The molecule has 140 valence electrons. The summed E-state index contributed by atoms with van der Waals surface area (Å²) in [5.74, 6) is -0.445. The van der Waals surface area contributed by atoms with Crippen molar-refractivity contribution in [2.24, 2.45) is 0 Å². The number of hydrogen-bond acceptors (Lipinski definition) is 3. The van der Waals surface area contributed by atoms with Crippen LogP contribution in [0.2, 0.25) is 0 Å². The number of nitrogens with one attached hydrogen (secondary N) is 1. The van der Waals surface area contributed by atoms with Gasteiger partial charge in [0.05, 0.1) is 11.4 Å². The average molecular weight is 375 g/mol. The molecular weight excluding hydrogens is 357 g/mol. The van der Waals surface area contributed by atoms with Crippen LogP contribution in [0.5, 0.6) is 5.75 Å². The first-order chi connectivity index (χ1) is 13.6. The minimum atomic E-state index is -0.795. The van der Waals surface area contributed by atoms with Gasteiger partial charge in [-0.15, -0.1) is 0 Å². The molecule has 5 nitrogen and oxygen atoms in total. The van der Waals surface area contributed by atoms with Crippen LogP contribution in [-0.4, -0.2) is 21.4 Å². The summed E-state index contributed by atoms with van der Waals surface area (Å²) < 4.78 is 20.8. The second-order valence-electron chi connectivity index (χ2n) is 6.34. The molecule has 28 heavy (non-hydrogen) atoms. The van der Waals surface area contributed by atoms with Crippen LogP contribution < -0.4 is 10.1 Å². The Kier molecular flexibility index (Phi) is 4.76. The fraction of sp³-hybridized carbons (Fsp3) is 0.0909. The van der Waals surface area contributed by atoms with Crippen LogP contribution in [0.25, 0.3) is 16.9 Å². The molecule has 6 heteroatoms. The third-order valence-electron chi connectivity index (χ3n) is 4.30. The highest BCUT2D eigenvalue weighted by Crippen LogP contribution is 2.27. The Balaban J connectivity index is 1.55. The molecule has 0 bridgehead atoms. The van der Waals surface area contributed by atoms with Crippen LogP contribution in [0.3, 0.4) is 0 Å². The summed E-state index contributed by atoms with van der Waals surface area (Å²) in [6.07, 6.45) is 3.03. The fourth-order valence-electron chi connectivity index (χ4n) is 2.91. The summed E-state index contributed by atoms with van der Waals surface area (Å²) in [4.78, 5) is 17.2. The lowest BCUT2D eigenvalue weighted by Gasteiger charge is -2.16. The van der Waals surface area contributed by atoms with Crippen molar-refractivity contribution in [2.45, 2.75) is 13.0 Å². The van der Waals surface area contributed by atoms with E-state index in [-0.39, 0.29) is 5.91 Å². The Morgan fingerprint density at radius 2 is 1.93 bits per heavy atom. The van der Waals surface area contributed by atoms with Gasteiger partial charge in [-0.05, 0) is 37.3 Å². The maximum atomic E-state index is 13.3. The number of pyridine rings is 1. The Bertz CT molecular complexity index is 1110. The van der Waals surface area contributed by atoms with Gasteiger partial charge in [0.25, 0.3) is 5.91 Å². The van der Waals surface area contributed by atoms with Gasteiger partial charge in [-0.3, -0.25) is 4.79 Å². The minimum absolute atomic E-state index is 0.302. The summed E-state index contributed by atoms with van der Waals surface area (Å²) in [5, 5.41) is 2.88. The predicted molar refractivity (Wildman–Crippen MR) is 106 cm³/mol. The number of rotatable bonds is 5. The van der Waals surface area contributed by atoms with Crippen LogP contribution in [0, 0.1) is 5.82 Å². The summed E-state index contributed by atoms with van der Waals surface area (Å²) >= 11 is 0. The number of carbonyl (C=O) groups excluding carboxylic acids is 1. The van der Waals surface area contributed by atoms with Crippen molar-refractivity contribution >= 4 is 17.2 Å². The first-order valence-corrected chi connectivity index (χ1v) is 8.86. The molecule has 2 aromatic carbocycles. The highest BCUT2D eigenvalue weighted by Gasteiger charge is 2.17. The molecule has 4 rings (SSSR count). The first-order valence-electron chi connectivity index (χ1n) is 8.86. The number of aromatic nitrogens is 2. The first kappa shape index (κ1) is 17.7. The molecule has 0 radical (unpaired) electrons. The van der Waals surface area contributed by atoms with Crippen LogP contribution in [-0.2, 0) is 4.79 Å². The molecule has 1 atom stereocenters. The van der Waals surface area contributed by atoms with Crippen molar-refractivity contribution in [3.8, 4) is 17.0 Å². The van der Waals surface area contributed by atoms with Crippen molar-refractivity contribution < 1.29 is 13.9 Å². The number of hydrogen-bond donors (Lipinski definition) is 1. The molecule has 1 N–H and O–H groups in total. The highest BCUT2D eigenvalue weighted by molar-refractivity contribution is 5.97. The van der Waals surface area contributed by atoms with Crippen LogP contribution in [0.15, 0.2) is 79.1 Å². The summed E-state index contributed by atoms with van der Waals surface area (Å²) in [6, 6.07) is 18.9. The van der Waals surface area contributed by atoms with E-state index in [9.17, 15) is 9.18 Å². The van der Waals surface area contributed by atoms with Gasteiger partial charge in [-0.2, -0.15) is 0 Å². The second kappa shape index (κ2) is 7.52. The number of fused-ring (bicyclic) bond motifs is 1. The topological polar surface area (TPSA) is 55.6 Å². The SMILES string of the molecule is C[C@@H](Oc1cccc(F)c1)C(=O)Nc1ccccc1-c1cn2ccccc2n1. The molecular formula is C22H18FN3O2. The number of carbonyl (C=O) groups is 1. The highest BCUT2D eigenvalue weighted by atomic mass is 19.1. The van der Waals surface area contributed by atoms with Gasteiger partial charge in [0.1, 0.15) is 17.2 Å². The lowest BCUT2D eigenvalue weighted by Crippen LogP contribution is -2.30. The summed E-state index contributed by atoms with van der Waals surface area (Å²) in [5.41, 5.74) is 3.00. The third kappa shape index (κ3) is 3.71. The van der Waals surface area contributed by atoms with Crippen LogP contribution >= 0.6 is 0 Å². The van der Waals surface area contributed by atoms with Gasteiger partial charge in [0.2, 0.25) is 0 Å². The molecule has 0 saturated heterocycles. The van der Waals surface area contributed by atoms with E-state index in [1.165, 1.54) is 18.2 Å². The Morgan fingerprint density at radius 3 is 2.75 bits per heavy atom. The number of para-hydroxylation sites is 1. The van der Waals surface area contributed by atoms with Crippen LogP contribution in [0.4, 0.5) is 10.1 Å². The zero-order chi connectivity index (χ0) is 19.5. The van der Waals surface area contributed by atoms with E-state index in [4.69, 9.17) is 4.74 Å². The van der Waals surface area contributed by atoms with Crippen molar-refractivity contribution in [3.63, 3.8) is 0 Å². The number of nitrogens with zero attached hydrogens (tertiary/aromatic N) is 2. The molecule has 0 aliphatic carbocycles. The quantitative estimate of drug-likeness (QED) is 0.557. The maximum absolute atomic E-state index is 13.3. The predicted octanol–water partition coefficient (Wildman–Crippen LogP) is 4.55.